The number of hydrogen-bond acceptors (Lipinski definition) is 3. The topological polar surface area (TPSA) is 77.2 Å². The first kappa shape index (κ1) is 20.2. The molecule has 0 radical (unpaired) electrons. The van der Waals surface area contributed by atoms with Crippen LogP contribution in [0.3, 0.4) is 0 Å². The first-order valence-corrected chi connectivity index (χ1v) is 10.6. The van der Waals surface area contributed by atoms with Gasteiger partial charge in [0.05, 0.1) is 11.1 Å². The summed E-state index contributed by atoms with van der Waals surface area (Å²) in [5.41, 5.74) is 5.21. The lowest BCUT2D eigenvalue weighted by Gasteiger charge is -2.20. The van der Waals surface area contributed by atoms with E-state index in [1.165, 1.54) is 0 Å². The van der Waals surface area contributed by atoms with E-state index in [9.17, 15) is 9.59 Å². The third-order valence-corrected chi connectivity index (χ3v) is 5.82. The Hall–Kier alpha value is -3.06. The standard InChI is InChI=1S/C23H23BrN4O2/c1-14-20(13-18-17-12-16(24)6-7-19(17)27-22(18)29)26-15(2)21(14)23(30)25-8-11-28-9-4-3-5-10-28/h3-7,9,12-13,26H,8,10-11H2,1-2H3,(H,25,30)(H,27,29)/b18-13-. The van der Waals surface area contributed by atoms with Gasteiger partial charge in [0.1, 0.15) is 0 Å². The molecule has 1 aromatic carbocycles. The zero-order valence-electron chi connectivity index (χ0n) is 16.9. The van der Waals surface area contributed by atoms with Crippen molar-refractivity contribution in [1.29, 1.82) is 0 Å². The molecule has 1 aromatic heterocycles. The van der Waals surface area contributed by atoms with Gasteiger partial charge in [0.15, 0.2) is 0 Å². The molecule has 0 atom stereocenters. The molecule has 0 saturated carbocycles. The molecule has 2 aliphatic heterocycles. The van der Waals surface area contributed by atoms with Crippen LogP contribution in [-0.4, -0.2) is 41.3 Å². The van der Waals surface area contributed by atoms with Gasteiger partial charge in [-0.2, -0.15) is 0 Å². The molecule has 0 fully saturated rings. The number of allylic oxidation sites excluding steroid dienone is 2. The van der Waals surface area contributed by atoms with E-state index in [2.05, 4.69) is 42.5 Å². The number of rotatable bonds is 5. The van der Waals surface area contributed by atoms with Crippen LogP contribution in [0, 0.1) is 13.8 Å². The van der Waals surface area contributed by atoms with Crippen LogP contribution in [0.2, 0.25) is 0 Å². The van der Waals surface area contributed by atoms with Crippen molar-refractivity contribution in [2.24, 2.45) is 0 Å². The van der Waals surface area contributed by atoms with Crippen LogP contribution >= 0.6 is 15.9 Å². The number of amides is 2. The summed E-state index contributed by atoms with van der Waals surface area (Å²) in [7, 11) is 0. The van der Waals surface area contributed by atoms with Crippen molar-refractivity contribution in [1.82, 2.24) is 15.2 Å². The highest BCUT2D eigenvalue weighted by molar-refractivity contribution is 9.10. The van der Waals surface area contributed by atoms with Crippen molar-refractivity contribution in [2.45, 2.75) is 13.8 Å². The van der Waals surface area contributed by atoms with Gasteiger partial charge in [-0.1, -0.05) is 28.1 Å². The van der Waals surface area contributed by atoms with E-state index >= 15 is 0 Å². The lowest BCUT2D eigenvalue weighted by Crippen LogP contribution is -2.33. The number of aromatic nitrogens is 1. The van der Waals surface area contributed by atoms with Crippen LogP contribution in [0.4, 0.5) is 5.69 Å². The molecular weight excluding hydrogens is 444 g/mol. The molecule has 0 saturated heterocycles. The van der Waals surface area contributed by atoms with Gasteiger partial charge in [-0.05, 0) is 56.0 Å². The van der Waals surface area contributed by atoms with Crippen LogP contribution < -0.4 is 10.6 Å². The van der Waals surface area contributed by atoms with Gasteiger partial charge < -0.3 is 20.5 Å². The van der Waals surface area contributed by atoms with Crippen molar-refractivity contribution in [3.63, 3.8) is 0 Å². The van der Waals surface area contributed by atoms with Crippen LogP contribution in [-0.2, 0) is 4.79 Å². The maximum absolute atomic E-state index is 12.8. The molecule has 0 spiro atoms. The fourth-order valence-corrected chi connectivity index (χ4v) is 4.14. The minimum Gasteiger partial charge on any atom is -0.372 e. The summed E-state index contributed by atoms with van der Waals surface area (Å²) in [6.45, 7) is 5.93. The van der Waals surface area contributed by atoms with Crippen LogP contribution in [0.25, 0.3) is 11.6 Å². The fraction of sp³-hybridized carbons (Fsp3) is 0.217. The summed E-state index contributed by atoms with van der Waals surface area (Å²) in [4.78, 5) is 30.7. The number of hydrogen-bond donors (Lipinski definition) is 3. The number of carbonyl (C=O) groups is 2. The van der Waals surface area contributed by atoms with Gasteiger partial charge in [-0.3, -0.25) is 9.59 Å². The number of benzene rings is 1. The summed E-state index contributed by atoms with van der Waals surface area (Å²) in [5, 5.41) is 5.88. The van der Waals surface area contributed by atoms with E-state index in [0.29, 0.717) is 17.7 Å². The van der Waals surface area contributed by atoms with Crippen molar-refractivity contribution in [3.8, 4) is 0 Å². The Balaban J connectivity index is 1.53. The first-order chi connectivity index (χ1) is 14.4. The monoisotopic (exact) mass is 466 g/mol. The van der Waals surface area contributed by atoms with E-state index in [1.807, 2.05) is 56.5 Å². The van der Waals surface area contributed by atoms with Crippen molar-refractivity contribution < 1.29 is 9.59 Å². The summed E-state index contributed by atoms with van der Waals surface area (Å²) in [5.74, 6) is -0.258. The Morgan fingerprint density at radius 1 is 1.30 bits per heavy atom. The van der Waals surface area contributed by atoms with E-state index < -0.39 is 0 Å². The SMILES string of the molecule is Cc1[nH]c(/C=C2\C(=O)Nc3ccc(Br)cc32)c(C)c1C(=O)NCCN1C=CC=CC1. The molecule has 3 N–H and O–H groups in total. The molecule has 2 aromatic rings. The second-order valence-corrected chi connectivity index (χ2v) is 8.30. The quantitative estimate of drug-likeness (QED) is 0.582. The molecule has 154 valence electrons. The van der Waals surface area contributed by atoms with Gasteiger partial charge in [0.2, 0.25) is 0 Å². The van der Waals surface area contributed by atoms with E-state index in [4.69, 9.17) is 0 Å². The van der Waals surface area contributed by atoms with Crippen molar-refractivity contribution in [2.75, 3.05) is 25.0 Å². The van der Waals surface area contributed by atoms with E-state index in [0.717, 1.165) is 45.8 Å². The second kappa shape index (κ2) is 8.36. The molecule has 2 amide bonds. The number of nitrogens with one attached hydrogen (secondary N) is 3. The zero-order chi connectivity index (χ0) is 21.3. The minimum absolute atomic E-state index is 0.110. The first-order valence-electron chi connectivity index (χ1n) is 9.82. The minimum atomic E-state index is -0.149. The average Bonchev–Trinajstić information content (AvgIpc) is 3.18. The van der Waals surface area contributed by atoms with Gasteiger partial charge in [0.25, 0.3) is 11.8 Å². The molecule has 0 unspecified atom stereocenters. The number of carbonyl (C=O) groups excluding carboxylic acids is 2. The Morgan fingerprint density at radius 2 is 2.13 bits per heavy atom. The predicted molar refractivity (Wildman–Crippen MR) is 123 cm³/mol. The second-order valence-electron chi connectivity index (χ2n) is 7.39. The fourth-order valence-electron chi connectivity index (χ4n) is 3.78. The maximum Gasteiger partial charge on any atom is 0.256 e. The predicted octanol–water partition coefficient (Wildman–Crippen LogP) is 4.00. The lowest BCUT2D eigenvalue weighted by atomic mass is 10.0. The number of aryl methyl sites for hydroxylation is 1. The molecule has 6 nitrogen and oxygen atoms in total. The van der Waals surface area contributed by atoms with Crippen LogP contribution in [0.15, 0.2) is 47.1 Å². The highest BCUT2D eigenvalue weighted by atomic mass is 79.9. The zero-order valence-corrected chi connectivity index (χ0v) is 18.5. The lowest BCUT2D eigenvalue weighted by molar-refractivity contribution is -0.110. The molecule has 2 aliphatic rings. The van der Waals surface area contributed by atoms with Gasteiger partial charge in [-0.25, -0.2) is 0 Å². The largest absolute Gasteiger partial charge is 0.372 e. The Kier molecular flexibility index (Phi) is 5.63. The van der Waals surface area contributed by atoms with Gasteiger partial charge in [-0.15, -0.1) is 0 Å². The molecule has 4 rings (SSSR count). The number of nitrogens with zero attached hydrogens (tertiary/aromatic N) is 1. The molecule has 7 heteroatoms. The van der Waals surface area contributed by atoms with E-state index in [1.54, 1.807) is 0 Å². The molecule has 30 heavy (non-hydrogen) atoms. The maximum atomic E-state index is 12.8. The number of fused-ring (bicyclic) bond motifs is 1. The van der Waals surface area contributed by atoms with Gasteiger partial charge >= 0.3 is 0 Å². The van der Waals surface area contributed by atoms with Crippen molar-refractivity contribution in [3.05, 3.63) is 75.2 Å². The Labute approximate surface area is 183 Å². The molecule has 0 bridgehead atoms. The normalized spacial score (nSPS) is 16.2. The van der Waals surface area contributed by atoms with Crippen LogP contribution in [0.1, 0.15) is 32.9 Å². The number of anilines is 1. The highest BCUT2D eigenvalue weighted by Gasteiger charge is 2.25. The average molecular weight is 467 g/mol. The van der Waals surface area contributed by atoms with E-state index in [-0.39, 0.29) is 11.8 Å². The Bertz CT molecular complexity index is 1110. The summed E-state index contributed by atoms with van der Waals surface area (Å²) < 4.78 is 0.905. The smallest absolute Gasteiger partial charge is 0.256 e. The molecule has 0 aliphatic carbocycles. The van der Waals surface area contributed by atoms with Gasteiger partial charge in [0, 0.05) is 46.7 Å². The van der Waals surface area contributed by atoms with Crippen LogP contribution in [0.5, 0.6) is 0 Å². The number of H-pyrrole nitrogens is 1. The molecular formula is C23H23BrN4O2. The number of halogens is 1. The highest BCUT2D eigenvalue weighted by Crippen LogP contribution is 2.35. The summed E-state index contributed by atoms with van der Waals surface area (Å²) >= 11 is 3.46. The third-order valence-electron chi connectivity index (χ3n) is 5.33. The summed E-state index contributed by atoms with van der Waals surface area (Å²) in [6, 6.07) is 5.68. The third kappa shape index (κ3) is 3.98. The van der Waals surface area contributed by atoms with Crippen molar-refractivity contribution >= 4 is 45.1 Å². The molecule has 3 heterocycles. The Morgan fingerprint density at radius 3 is 2.90 bits per heavy atom. The number of aromatic amines is 1. The summed E-state index contributed by atoms with van der Waals surface area (Å²) in [6.07, 6.45) is 9.92.